The number of aromatic nitrogens is 2. The van der Waals surface area contributed by atoms with Crippen LogP contribution in [0.2, 0.25) is 0 Å². The van der Waals surface area contributed by atoms with E-state index in [4.69, 9.17) is 4.98 Å². The molecule has 2 atom stereocenters. The van der Waals surface area contributed by atoms with Gasteiger partial charge in [-0.25, -0.2) is 4.98 Å². The molecule has 2 saturated carbocycles. The molecule has 0 spiro atoms. The Labute approximate surface area is 142 Å². The highest BCUT2D eigenvalue weighted by Crippen LogP contribution is 2.40. The van der Waals surface area contributed by atoms with Gasteiger partial charge in [-0.05, 0) is 37.8 Å². The van der Waals surface area contributed by atoms with Crippen molar-refractivity contribution < 1.29 is 9.90 Å². The molecule has 2 aliphatic rings. The Bertz CT molecular complexity index is 750. The number of hydrogen-bond donors (Lipinski definition) is 1. The Morgan fingerprint density at radius 1 is 1.29 bits per heavy atom. The fraction of sp³-hybridized carbons (Fsp3) is 0.579. The first-order chi connectivity index (χ1) is 11.6. The van der Waals surface area contributed by atoms with Crippen molar-refractivity contribution in [3.8, 4) is 0 Å². The monoisotopic (exact) mass is 327 g/mol. The molecule has 5 nitrogen and oxygen atoms in total. The lowest BCUT2D eigenvalue weighted by atomic mass is 10.1. The summed E-state index contributed by atoms with van der Waals surface area (Å²) in [5, 5.41) is 9.99. The zero-order valence-electron chi connectivity index (χ0n) is 14.2. The van der Waals surface area contributed by atoms with E-state index < -0.39 is 0 Å². The molecule has 1 amide bonds. The van der Waals surface area contributed by atoms with Gasteiger partial charge in [-0.1, -0.05) is 18.6 Å². The number of para-hydroxylation sites is 2. The van der Waals surface area contributed by atoms with E-state index in [1.165, 1.54) is 12.8 Å². The summed E-state index contributed by atoms with van der Waals surface area (Å²) < 4.78 is 2.09. The highest BCUT2D eigenvalue weighted by Gasteiger charge is 2.31. The van der Waals surface area contributed by atoms with Crippen LogP contribution in [0.15, 0.2) is 24.3 Å². The van der Waals surface area contributed by atoms with Crippen LogP contribution >= 0.6 is 0 Å². The summed E-state index contributed by atoms with van der Waals surface area (Å²) in [7, 11) is 1.85. The van der Waals surface area contributed by atoms with E-state index in [0.29, 0.717) is 19.0 Å². The molecule has 2 unspecified atom stereocenters. The van der Waals surface area contributed by atoms with Crippen molar-refractivity contribution in [3.63, 3.8) is 0 Å². The second-order valence-electron chi connectivity index (χ2n) is 7.35. The SMILES string of the molecule is CN(CC1CCCC1O)C(=O)Cn1c(C2CC2)nc2ccccc21. The van der Waals surface area contributed by atoms with E-state index in [9.17, 15) is 9.90 Å². The van der Waals surface area contributed by atoms with Crippen molar-refractivity contribution in [1.29, 1.82) is 0 Å². The zero-order chi connectivity index (χ0) is 16.7. The normalized spacial score (nSPS) is 23.8. The van der Waals surface area contributed by atoms with Crippen LogP contribution < -0.4 is 0 Å². The first-order valence-corrected chi connectivity index (χ1v) is 9.00. The van der Waals surface area contributed by atoms with Crippen LogP contribution in [0.4, 0.5) is 0 Å². The lowest BCUT2D eigenvalue weighted by molar-refractivity contribution is -0.131. The molecule has 128 valence electrons. The van der Waals surface area contributed by atoms with Gasteiger partial charge in [-0.2, -0.15) is 0 Å². The fourth-order valence-corrected chi connectivity index (χ4v) is 3.85. The number of nitrogens with zero attached hydrogens (tertiary/aromatic N) is 3. The van der Waals surface area contributed by atoms with E-state index >= 15 is 0 Å². The van der Waals surface area contributed by atoms with Crippen molar-refractivity contribution >= 4 is 16.9 Å². The lowest BCUT2D eigenvalue weighted by Crippen LogP contribution is -2.36. The molecule has 2 fully saturated rings. The van der Waals surface area contributed by atoms with Gasteiger partial charge in [0.2, 0.25) is 5.91 Å². The molecule has 0 saturated heterocycles. The largest absolute Gasteiger partial charge is 0.393 e. The van der Waals surface area contributed by atoms with Crippen molar-refractivity contribution in [2.45, 2.75) is 50.7 Å². The van der Waals surface area contributed by atoms with Gasteiger partial charge in [0.25, 0.3) is 0 Å². The zero-order valence-corrected chi connectivity index (χ0v) is 14.2. The van der Waals surface area contributed by atoms with Crippen molar-refractivity contribution in [3.05, 3.63) is 30.1 Å². The summed E-state index contributed by atoms with van der Waals surface area (Å²) in [5.74, 6) is 1.88. The molecular formula is C19H25N3O2. The van der Waals surface area contributed by atoms with Gasteiger partial charge in [-0.15, -0.1) is 0 Å². The van der Waals surface area contributed by atoms with E-state index in [1.807, 2.05) is 31.3 Å². The van der Waals surface area contributed by atoms with E-state index in [1.54, 1.807) is 4.90 Å². The molecule has 1 aromatic heterocycles. The third-order valence-electron chi connectivity index (χ3n) is 5.47. The number of carbonyl (C=O) groups excluding carboxylic acids is 1. The number of fused-ring (bicyclic) bond motifs is 1. The third kappa shape index (κ3) is 2.93. The minimum Gasteiger partial charge on any atom is -0.393 e. The number of rotatable bonds is 5. The molecule has 4 rings (SSSR count). The van der Waals surface area contributed by atoms with Crippen molar-refractivity contribution in [2.75, 3.05) is 13.6 Å². The van der Waals surface area contributed by atoms with Crippen LogP contribution in [-0.4, -0.2) is 45.2 Å². The lowest BCUT2D eigenvalue weighted by Gasteiger charge is -2.24. The van der Waals surface area contributed by atoms with Crippen LogP contribution in [-0.2, 0) is 11.3 Å². The highest BCUT2D eigenvalue weighted by molar-refractivity contribution is 5.81. The standard InChI is InChI=1S/C19H25N3O2/c1-21(11-14-5-4-8-17(14)23)18(24)12-22-16-7-3-2-6-15(16)20-19(22)13-9-10-13/h2-3,6-7,13-14,17,23H,4-5,8-12H2,1H3. The quantitative estimate of drug-likeness (QED) is 0.918. The smallest absolute Gasteiger partial charge is 0.242 e. The maximum Gasteiger partial charge on any atom is 0.242 e. The molecule has 1 heterocycles. The molecule has 5 heteroatoms. The Balaban J connectivity index is 1.52. The maximum absolute atomic E-state index is 12.7. The topological polar surface area (TPSA) is 58.4 Å². The predicted molar refractivity (Wildman–Crippen MR) is 92.7 cm³/mol. The average molecular weight is 327 g/mol. The van der Waals surface area contributed by atoms with Crippen LogP contribution in [0.25, 0.3) is 11.0 Å². The highest BCUT2D eigenvalue weighted by atomic mass is 16.3. The number of aliphatic hydroxyl groups excluding tert-OH is 1. The molecule has 1 N–H and O–H groups in total. The van der Waals surface area contributed by atoms with Gasteiger partial charge in [0, 0.05) is 25.4 Å². The summed E-state index contributed by atoms with van der Waals surface area (Å²) in [6, 6.07) is 8.05. The summed E-state index contributed by atoms with van der Waals surface area (Å²) in [6.45, 7) is 0.983. The fourth-order valence-electron chi connectivity index (χ4n) is 3.85. The number of carbonyl (C=O) groups is 1. The first kappa shape index (κ1) is 15.6. The van der Waals surface area contributed by atoms with E-state index in [0.717, 1.165) is 36.1 Å². The maximum atomic E-state index is 12.7. The van der Waals surface area contributed by atoms with Crippen LogP contribution in [0.5, 0.6) is 0 Å². The number of likely N-dealkylation sites (N-methyl/N-ethyl adjacent to an activating group) is 1. The van der Waals surface area contributed by atoms with Gasteiger partial charge < -0.3 is 14.6 Å². The Hall–Kier alpha value is -1.88. The van der Waals surface area contributed by atoms with Crippen molar-refractivity contribution in [1.82, 2.24) is 14.5 Å². The Morgan fingerprint density at radius 2 is 2.08 bits per heavy atom. The molecule has 0 radical (unpaired) electrons. The van der Waals surface area contributed by atoms with E-state index in [2.05, 4.69) is 4.57 Å². The second kappa shape index (κ2) is 6.20. The number of aliphatic hydroxyl groups is 1. The van der Waals surface area contributed by atoms with Gasteiger partial charge in [-0.3, -0.25) is 4.79 Å². The molecule has 0 aliphatic heterocycles. The minimum absolute atomic E-state index is 0.0964. The summed E-state index contributed by atoms with van der Waals surface area (Å²) >= 11 is 0. The molecular weight excluding hydrogens is 302 g/mol. The summed E-state index contributed by atoms with van der Waals surface area (Å²) in [4.78, 5) is 19.3. The average Bonchev–Trinajstić information content (AvgIpc) is 3.26. The second-order valence-corrected chi connectivity index (χ2v) is 7.35. The number of imidazole rings is 1. The Morgan fingerprint density at radius 3 is 2.79 bits per heavy atom. The molecule has 2 aromatic rings. The van der Waals surface area contributed by atoms with Crippen LogP contribution in [0, 0.1) is 5.92 Å². The number of amides is 1. The summed E-state index contributed by atoms with van der Waals surface area (Å²) in [5.41, 5.74) is 2.02. The molecule has 24 heavy (non-hydrogen) atoms. The van der Waals surface area contributed by atoms with Crippen molar-refractivity contribution in [2.24, 2.45) is 5.92 Å². The van der Waals surface area contributed by atoms with Gasteiger partial charge in [0.15, 0.2) is 0 Å². The Kier molecular flexibility index (Phi) is 4.04. The molecule has 1 aromatic carbocycles. The first-order valence-electron chi connectivity index (χ1n) is 9.00. The minimum atomic E-state index is -0.253. The predicted octanol–water partition coefficient (Wildman–Crippen LogP) is 2.53. The van der Waals surface area contributed by atoms with Gasteiger partial charge in [0.1, 0.15) is 12.4 Å². The number of hydrogen-bond acceptors (Lipinski definition) is 3. The summed E-state index contributed by atoms with van der Waals surface area (Å²) in [6.07, 6.45) is 5.02. The third-order valence-corrected chi connectivity index (χ3v) is 5.47. The number of benzene rings is 1. The van der Waals surface area contributed by atoms with Gasteiger partial charge >= 0.3 is 0 Å². The van der Waals surface area contributed by atoms with Crippen LogP contribution in [0.3, 0.4) is 0 Å². The van der Waals surface area contributed by atoms with Gasteiger partial charge in [0.05, 0.1) is 17.1 Å². The molecule has 0 bridgehead atoms. The van der Waals surface area contributed by atoms with E-state index in [-0.39, 0.29) is 17.9 Å². The van der Waals surface area contributed by atoms with Crippen LogP contribution in [0.1, 0.15) is 43.8 Å². The molecule has 2 aliphatic carbocycles.